The molecule has 28 heavy (non-hydrogen) atoms. The Hall–Kier alpha value is -2.81. The van der Waals surface area contributed by atoms with E-state index in [2.05, 4.69) is 30.3 Å². The predicted molar refractivity (Wildman–Crippen MR) is 108 cm³/mol. The molecule has 3 aromatic rings. The summed E-state index contributed by atoms with van der Waals surface area (Å²) in [4.78, 5) is 27.9. The van der Waals surface area contributed by atoms with Crippen molar-refractivity contribution < 1.29 is 4.79 Å². The van der Waals surface area contributed by atoms with E-state index in [1.165, 1.54) is 0 Å². The first-order chi connectivity index (χ1) is 13.6. The van der Waals surface area contributed by atoms with E-state index in [1.54, 1.807) is 28.4 Å². The molecule has 3 aromatic heterocycles. The molecule has 1 atom stereocenters. The van der Waals surface area contributed by atoms with Crippen LogP contribution in [0.3, 0.4) is 0 Å². The van der Waals surface area contributed by atoms with Crippen LogP contribution in [0.25, 0.3) is 11.3 Å². The number of amides is 1. The van der Waals surface area contributed by atoms with Crippen LogP contribution in [0.4, 0.5) is 5.95 Å². The number of anilines is 1. The maximum atomic E-state index is 12.3. The van der Waals surface area contributed by atoms with Gasteiger partial charge >= 0.3 is 0 Å². The highest BCUT2D eigenvalue weighted by Crippen LogP contribution is 2.21. The van der Waals surface area contributed by atoms with Crippen LogP contribution in [-0.4, -0.2) is 49.8 Å². The van der Waals surface area contributed by atoms with Gasteiger partial charge in [0, 0.05) is 55.9 Å². The molecule has 0 bridgehead atoms. The quantitative estimate of drug-likeness (QED) is 0.684. The Labute approximate surface area is 167 Å². The largest absolute Gasteiger partial charge is 0.352 e. The highest BCUT2D eigenvalue weighted by molar-refractivity contribution is 7.09. The molecule has 4 heterocycles. The molecule has 8 nitrogen and oxygen atoms in total. The van der Waals surface area contributed by atoms with Crippen molar-refractivity contribution in [3.05, 3.63) is 40.7 Å². The summed E-state index contributed by atoms with van der Waals surface area (Å²) in [6, 6.07) is 2.01. The molecule has 0 radical (unpaired) electrons. The van der Waals surface area contributed by atoms with Crippen LogP contribution in [0, 0.1) is 6.92 Å². The number of nitrogens with one attached hydrogen (secondary N) is 1. The zero-order valence-electron chi connectivity index (χ0n) is 16.0. The molecule has 1 amide bonds. The normalized spacial score (nSPS) is 16.5. The lowest BCUT2D eigenvalue weighted by molar-refractivity contribution is -0.121. The maximum Gasteiger partial charge on any atom is 0.225 e. The number of rotatable bonds is 6. The minimum atomic E-state index is 0.0718. The molecule has 0 aliphatic carbocycles. The van der Waals surface area contributed by atoms with Crippen molar-refractivity contribution in [3.63, 3.8) is 0 Å². The topological polar surface area (TPSA) is 88.8 Å². The number of aromatic nitrogens is 5. The van der Waals surface area contributed by atoms with E-state index in [9.17, 15) is 4.79 Å². The number of aryl methyl sites for hydroxylation is 3. The summed E-state index contributed by atoms with van der Waals surface area (Å²) >= 11 is 1.62. The Morgan fingerprint density at radius 3 is 3.04 bits per heavy atom. The van der Waals surface area contributed by atoms with Gasteiger partial charge in [0.1, 0.15) is 0 Å². The van der Waals surface area contributed by atoms with E-state index in [1.807, 2.05) is 31.6 Å². The molecule has 0 spiro atoms. The van der Waals surface area contributed by atoms with Crippen LogP contribution in [0.1, 0.15) is 23.5 Å². The number of nitrogens with zero attached hydrogens (tertiary/aromatic N) is 6. The zero-order valence-corrected chi connectivity index (χ0v) is 16.8. The summed E-state index contributed by atoms with van der Waals surface area (Å²) in [5, 5.41) is 10.4. The van der Waals surface area contributed by atoms with Crippen molar-refractivity contribution in [2.75, 3.05) is 18.0 Å². The van der Waals surface area contributed by atoms with Crippen molar-refractivity contribution in [1.29, 1.82) is 0 Å². The van der Waals surface area contributed by atoms with Crippen LogP contribution >= 0.6 is 11.3 Å². The van der Waals surface area contributed by atoms with Crippen molar-refractivity contribution in [1.82, 2.24) is 30.0 Å². The van der Waals surface area contributed by atoms with Crippen molar-refractivity contribution >= 4 is 23.2 Å². The van der Waals surface area contributed by atoms with Gasteiger partial charge in [0.15, 0.2) is 0 Å². The summed E-state index contributed by atoms with van der Waals surface area (Å²) in [7, 11) is 1.88. The van der Waals surface area contributed by atoms with Crippen LogP contribution in [0.2, 0.25) is 0 Å². The van der Waals surface area contributed by atoms with Gasteiger partial charge in [0.25, 0.3) is 0 Å². The van der Waals surface area contributed by atoms with Crippen LogP contribution in [0.15, 0.2) is 30.0 Å². The fourth-order valence-electron chi connectivity index (χ4n) is 3.34. The third-order valence-electron chi connectivity index (χ3n) is 4.75. The molecule has 1 aliphatic rings. The average molecular weight is 398 g/mol. The van der Waals surface area contributed by atoms with E-state index in [0.29, 0.717) is 18.8 Å². The Kier molecular flexibility index (Phi) is 5.34. The average Bonchev–Trinajstić information content (AvgIpc) is 3.42. The van der Waals surface area contributed by atoms with Gasteiger partial charge in [-0.15, -0.1) is 11.3 Å². The second-order valence-corrected chi connectivity index (χ2v) is 8.06. The molecule has 1 N–H and O–H groups in total. The molecule has 1 saturated heterocycles. The van der Waals surface area contributed by atoms with Gasteiger partial charge in [-0.25, -0.2) is 15.0 Å². The van der Waals surface area contributed by atoms with E-state index in [4.69, 9.17) is 0 Å². The van der Waals surface area contributed by atoms with E-state index in [0.717, 1.165) is 41.5 Å². The van der Waals surface area contributed by atoms with Gasteiger partial charge in [0.2, 0.25) is 11.9 Å². The molecule has 9 heteroatoms. The monoisotopic (exact) mass is 397 g/mol. The fraction of sp³-hybridized carbons (Fsp3) is 0.421. The Bertz CT molecular complexity index is 967. The predicted octanol–water partition coefficient (Wildman–Crippen LogP) is 1.97. The van der Waals surface area contributed by atoms with E-state index < -0.39 is 0 Å². The van der Waals surface area contributed by atoms with Gasteiger partial charge in [0.05, 0.1) is 22.6 Å². The summed E-state index contributed by atoms with van der Waals surface area (Å²) in [6.07, 6.45) is 7.54. The molecule has 1 unspecified atom stereocenters. The molecule has 1 aliphatic heterocycles. The standard InChI is InChI=1S/C19H23N7OS/c1-13-22-16(12-28-13)3-4-18(27)23-15-6-8-26(11-15)19-20-7-5-17(24-19)14-9-21-25(2)10-14/h5,7,9-10,12,15H,3-4,6,8,11H2,1-2H3,(H,23,27). The first kappa shape index (κ1) is 18.5. The third-order valence-corrected chi connectivity index (χ3v) is 5.58. The van der Waals surface area contributed by atoms with Gasteiger partial charge in [-0.3, -0.25) is 9.48 Å². The molecular weight excluding hydrogens is 374 g/mol. The van der Waals surface area contributed by atoms with Gasteiger partial charge in [-0.1, -0.05) is 0 Å². The second-order valence-electron chi connectivity index (χ2n) is 7.00. The van der Waals surface area contributed by atoms with Crippen molar-refractivity contribution in [2.24, 2.45) is 7.05 Å². The molecule has 0 saturated carbocycles. The Balaban J connectivity index is 1.32. The number of hydrogen-bond acceptors (Lipinski definition) is 7. The lowest BCUT2D eigenvalue weighted by Crippen LogP contribution is -2.37. The summed E-state index contributed by atoms with van der Waals surface area (Å²) in [5.74, 6) is 0.763. The minimum Gasteiger partial charge on any atom is -0.352 e. The summed E-state index contributed by atoms with van der Waals surface area (Å²) in [6.45, 7) is 3.53. The first-order valence-corrected chi connectivity index (χ1v) is 10.2. The lowest BCUT2D eigenvalue weighted by Gasteiger charge is -2.17. The minimum absolute atomic E-state index is 0.0718. The summed E-state index contributed by atoms with van der Waals surface area (Å²) < 4.78 is 1.76. The molecular formula is C19H23N7OS. The Morgan fingerprint density at radius 2 is 2.29 bits per heavy atom. The van der Waals surface area contributed by atoms with Crippen LogP contribution in [-0.2, 0) is 18.3 Å². The summed E-state index contributed by atoms with van der Waals surface area (Å²) in [5.41, 5.74) is 2.81. The van der Waals surface area contributed by atoms with Gasteiger partial charge in [-0.05, 0) is 25.8 Å². The highest BCUT2D eigenvalue weighted by atomic mass is 32.1. The number of hydrogen-bond donors (Lipinski definition) is 1. The second kappa shape index (κ2) is 8.05. The smallest absolute Gasteiger partial charge is 0.225 e. The number of thiazole rings is 1. The highest BCUT2D eigenvalue weighted by Gasteiger charge is 2.25. The van der Waals surface area contributed by atoms with Crippen molar-refractivity contribution in [2.45, 2.75) is 32.2 Å². The maximum absolute atomic E-state index is 12.3. The van der Waals surface area contributed by atoms with Crippen molar-refractivity contribution in [3.8, 4) is 11.3 Å². The Morgan fingerprint density at radius 1 is 1.39 bits per heavy atom. The zero-order chi connectivity index (χ0) is 19.5. The van der Waals surface area contributed by atoms with E-state index in [-0.39, 0.29) is 11.9 Å². The number of carbonyl (C=O) groups is 1. The first-order valence-electron chi connectivity index (χ1n) is 9.34. The molecule has 1 fully saturated rings. The fourth-order valence-corrected chi connectivity index (χ4v) is 3.99. The van der Waals surface area contributed by atoms with Gasteiger partial charge in [-0.2, -0.15) is 5.10 Å². The lowest BCUT2D eigenvalue weighted by atomic mass is 10.2. The number of carbonyl (C=O) groups excluding carboxylic acids is 1. The molecule has 0 aromatic carbocycles. The molecule has 146 valence electrons. The van der Waals surface area contributed by atoms with Crippen LogP contribution in [0.5, 0.6) is 0 Å². The third kappa shape index (κ3) is 4.36. The molecule has 4 rings (SSSR count). The van der Waals surface area contributed by atoms with Gasteiger partial charge < -0.3 is 10.2 Å². The van der Waals surface area contributed by atoms with Crippen LogP contribution < -0.4 is 10.2 Å². The SMILES string of the molecule is Cc1nc(CCC(=O)NC2CCN(c3nccc(-c4cnn(C)c4)n3)C2)cs1. The van der Waals surface area contributed by atoms with E-state index >= 15 is 0 Å².